The van der Waals surface area contributed by atoms with E-state index in [0.717, 1.165) is 22.3 Å². The predicted molar refractivity (Wildman–Crippen MR) is 103 cm³/mol. The number of rotatable bonds is 6. The fourth-order valence-corrected chi connectivity index (χ4v) is 2.48. The number of nitrogens with one attached hydrogen (secondary N) is 1. The molecule has 0 aliphatic rings. The monoisotopic (exact) mass is 446 g/mol. The minimum Gasteiger partial charge on any atom is -0.496 e. The highest BCUT2D eigenvalue weighted by Crippen LogP contribution is 2.31. The Kier molecular flexibility index (Phi) is 9.29. The summed E-state index contributed by atoms with van der Waals surface area (Å²) in [5.41, 5.74) is 5.50. The van der Waals surface area contributed by atoms with Gasteiger partial charge in [0.25, 0.3) is 0 Å². The van der Waals surface area contributed by atoms with Gasteiger partial charge in [-0.2, -0.15) is 13.2 Å². The molecule has 0 saturated carbocycles. The van der Waals surface area contributed by atoms with Crippen molar-refractivity contribution in [2.45, 2.75) is 12.7 Å². The van der Waals surface area contributed by atoms with E-state index in [1.165, 1.54) is 0 Å². The van der Waals surface area contributed by atoms with Gasteiger partial charge in [-0.25, -0.2) is 19.6 Å². The van der Waals surface area contributed by atoms with Crippen molar-refractivity contribution in [3.63, 3.8) is 0 Å². The minimum absolute atomic E-state index is 0.0195. The van der Waals surface area contributed by atoms with Crippen molar-refractivity contribution >= 4 is 34.4 Å². The van der Waals surface area contributed by atoms with Gasteiger partial charge in [-0.05, 0) is 6.07 Å². The second-order valence-electron chi connectivity index (χ2n) is 5.18. The molecule has 0 aliphatic carbocycles. The first-order valence-electron chi connectivity index (χ1n) is 7.88. The molecule has 2 aromatic rings. The number of alkyl halides is 3. The summed E-state index contributed by atoms with van der Waals surface area (Å²) >= 11 is 0.806. The first-order chi connectivity index (χ1) is 14.0. The van der Waals surface area contributed by atoms with Gasteiger partial charge in [-0.3, -0.25) is 0 Å². The second-order valence-corrected chi connectivity index (χ2v) is 6.04. The van der Waals surface area contributed by atoms with E-state index in [0.29, 0.717) is 17.9 Å². The summed E-state index contributed by atoms with van der Waals surface area (Å²) in [6, 6.07) is 7.25. The van der Waals surface area contributed by atoms with Crippen LogP contribution in [0.1, 0.15) is 11.3 Å². The zero-order valence-corrected chi connectivity index (χ0v) is 16.2. The Hall–Kier alpha value is -3.61. The second kappa shape index (κ2) is 11.4. The number of nitrogens with zero attached hydrogens (tertiary/aromatic N) is 2. The van der Waals surface area contributed by atoms with Crippen molar-refractivity contribution in [2.75, 3.05) is 12.4 Å². The van der Waals surface area contributed by atoms with Crippen LogP contribution in [0.5, 0.6) is 5.75 Å². The van der Waals surface area contributed by atoms with E-state index >= 15 is 0 Å². The largest absolute Gasteiger partial charge is 0.496 e. The van der Waals surface area contributed by atoms with Crippen LogP contribution in [0.3, 0.4) is 0 Å². The third-order valence-corrected chi connectivity index (χ3v) is 3.77. The molecule has 0 amide bonds. The third kappa shape index (κ3) is 9.05. The number of benzene rings is 1. The van der Waals surface area contributed by atoms with Crippen molar-refractivity contribution in [1.29, 1.82) is 0 Å². The molecule has 0 spiro atoms. The number of ether oxygens (including phenoxy) is 1. The van der Waals surface area contributed by atoms with E-state index < -0.39 is 23.8 Å². The fraction of sp³-hybridized carbons (Fsp3) is 0.176. The molecule has 0 radical (unpaired) electrons. The lowest BCUT2D eigenvalue weighted by molar-refractivity contribution is -0.140. The van der Waals surface area contributed by atoms with E-state index in [1.54, 1.807) is 13.2 Å². The molecule has 1 aromatic heterocycles. The number of guanidine groups is 1. The highest BCUT2D eigenvalue weighted by molar-refractivity contribution is 7.13. The number of hydrogen-bond acceptors (Lipinski definition) is 6. The maximum Gasteiger partial charge on any atom is 0.434 e. The molecule has 162 valence electrons. The van der Waals surface area contributed by atoms with Crippen molar-refractivity contribution in [3.05, 3.63) is 53.1 Å². The number of halogens is 3. The number of aliphatic carboxylic acids is 2. The van der Waals surface area contributed by atoms with Crippen LogP contribution in [0, 0.1) is 0 Å². The quantitative estimate of drug-likeness (QED) is 0.301. The maximum absolute atomic E-state index is 12.4. The number of nitrogens with two attached hydrogens (primary N) is 1. The number of hydrogen-bond donors (Lipinski definition) is 4. The van der Waals surface area contributed by atoms with Crippen molar-refractivity contribution < 1.29 is 37.7 Å². The molecular formula is C17H17F3N4O5S. The summed E-state index contributed by atoms with van der Waals surface area (Å²) < 4.78 is 42.5. The molecule has 0 fully saturated rings. The minimum atomic E-state index is -4.47. The molecule has 30 heavy (non-hydrogen) atoms. The predicted octanol–water partition coefficient (Wildman–Crippen LogP) is 2.81. The zero-order chi connectivity index (χ0) is 22.7. The Morgan fingerprint density at radius 1 is 1.27 bits per heavy atom. The smallest absolute Gasteiger partial charge is 0.434 e. The molecule has 5 N–H and O–H groups in total. The number of carboxylic acid groups (broad SMARTS) is 2. The molecule has 0 atom stereocenters. The lowest BCUT2D eigenvalue weighted by Crippen LogP contribution is -2.22. The third-order valence-electron chi connectivity index (χ3n) is 3.01. The highest BCUT2D eigenvalue weighted by Gasteiger charge is 2.33. The Balaban J connectivity index is 0.000000479. The van der Waals surface area contributed by atoms with Crippen LogP contribution in [0.15, 0.2) is 46.8 Å². The Morgan fingerprint density at radius 3 is 2.37 bits per heavy atom. The number of thiazole rings is 1. The molecule has 0 unspecified atom stereocenters. The fourth-order valence-electron chi connectivity index (χ4n) is 1.76. The van der Waals surface area contributed by atoms with E-state index in [2.05, 4.69) is 15.3 Å². The summed E-state index contributed by atoms with van der Waals surface area (Å²) in [4.78, 5) is 26.6. The lowest BCUT2D eigenvalue weighted by atomic mass is 10.2. The SMILES string of the molecule is COc1ccccc1CN=C(N)Nc1nc(C(F)(F)F)cs1.O=C(O)C=CC(=O)O. The van der Waals surface area contributed by atoms with E-state index in [-0.39, 0.29) is 17.6 Å². The van der Waals surface area contributed by atoms with Crippen LogP contribution in [0.4, 0.5) is 18.3 Å². The molecule has 1 heterocycles. The number of carboxylic acids is 2. The topological polar surface area (TPSA) is 147 Å². The van der Waals surface area contributed by atoms with Crippen molar-refractivity contribution in [1.82, 2.24) is 4.98 Å². The van der Waals surface area contributed by atoms with E-state index in [9.17, 15) is 22.8 Å². The number of aromatic nitrogens is 1. The van der Waals surface area contributed by atoms with Crippen LogP contribution >= 0.6 is 11.3 Å². The molecule has 0 saturated heterocycles. The van der Waals surface area contributed by atoms with Gasteiger partial charge in [-0.15, -0.1) is 11.3 Å². The van der Waals surface area contributed by atoms with Gasteiger partial charge in [-0.1, -0.05) is 18.2 Å². The average Bonchev–Trinajstić information content (AvgIpc) is 3.14. The lowest BCUT2D eigenvalue weighted by Gasteiger charge is -2.06. The number of carbonyl (C=O) groups is 2. The summed E-state index contributed by atoms with van der Waals surface area (Å²) in [5.74, 6) is -1.87. The van der Waals surface area contributed by atoms with Crippen molar-refractivity contribution in [3.8, 4) is 5.75 Å². The van der Waals surface area contributed by atoms with Gasteiger partial charge in [0.2, 0.25) is 0 Å². The number of para-hydroxylation sites is 1. The Bertz CT molecular complexity index is 912. The highest BCUT2D eigenvalue weighted by atomic mass is 32.1. The first-order valence-corrected chi connectivity index (χ1v) is 8.76. The van der Waals surface area contributed by atoms with E-state index in [1.807, 2.05) is 18.2 Å². The van der Waals surface area contributed by atoms with Crippen molar-refractivity contribution in [2.24, 2.45) is 10.7 Å². The summed E-state index contributed by atoms with van der Waals surface area (Å²) in [5, 5.41) is 19.1. The van der Waals surface area contributed by atoms with Crippen LogP contribution in [0.25, 0.3) is 0 Å². The van der Waals surface area contributed by atoms with Gasteiger partial charge >= 0.3 is 18.1 Å². The van der Waals surface area contributed by atoms with E-state index in [4.69, 9.17) is 20.7 Å². The van der Waals surface area contributed by atoms with Gasteiger partial charge in [0.15, 0.2) is 16.8 Å². The molecule has 9 nitrogen and oxygen atoms in total. The van der Waals surface area contributed by atoms with Crippen LogP contribution in [-0.4, -0.2) is 40.2 Å². The number of aliphatic imine (C=N–C) groups is 1. The Morgan fingerprint density at radius 2 is 1.87 bits per heavy atom. The standard InChI is InChI=1S/C13H13F3N4OS.C4H4O4/c1-21-9-5-3-2-4-8(9)6-18-11(17)20-12-19-10(7-22-12)13(14,15)16;5-3(6)1-2-4(7)8/h2-5,7H,6H2,1H3,(H3,17,18,19,20);1-2H,(H,5,6)(H,7,8). The van der Waals surface area contributed by atoms with Gasteiger partial charge in [0.05, 0.1) is 13.7 Å². The van der Waals surface area contributed by atoms with Crippen LogP contribution in [0.2, 0.25) is 0 Å². The van der Waals surface area contributed by atoms with Gasteiger partial charge < -0.3 is 26.0 Å². The summed E-state index contributed by atoms with van der Waals surface area (Å²) in [6.45, 7) is 0.236. The average molecular weight is 446 g/mol. The van der Waals surface area contributed by atoms with Crippen LogP contribution in [-0.2, 0) is 22.3 Å². The Labute approximate surface area is 172 Å². The number of anilines is 1. The first kappa shape index (κ1) is 24.4. The molecule has 1 aromatic carbocycles. The zero-order valence-electron chi connectivity index (χ0n) is 15.4. The summed E-state index contributed by atoms with van der Waals surface area (Å²) in [6.07, 6.45) is -3.36. The maximum atomic E-state index is 12.4. The molecule has 2 rings (SSSR count). The number of methoxy groups -OCH3 is 1. The molecule has 13 heteroatoms. The van der Waals surface area contributed by atoms with Gasteiger partial charge in [0, 0.05) is 23.1 Å². The molecule has 0 aliphatic heterocycles. The summed E-state index contributed by atoms with van der Waals surface area (Å²) in [7, 11) is 1.54. The normalized spacial score (nSPS) is 11.5. The molecule has 0 bridgehead atoms. The van der Waals surface area contributed by atoms with Crippen LogP contribution < -0.4 is 15.8 Å². The molecular weight excluding hydrogens is 429 g/mol. The van der Waals surface area contributed by atoms with Gasteiger partial charge in [0.1, 0.15) is 5.75 Å².